The summed E-state index contributed by atoms with van der Waals surface area (Å²) in [6, 6.07) is 13.4. The molecule has 0 radical (unpaired) electrons. The number of aryl methyl sites for hydroxylation is 2. The van der Waals surface area contributed by atoms with Crippen LogP contribution in [-0.2, 0) is 4.79 Å². The number of amides is 1. The molecule has 0 aliphatic rings. The minimum absolute atomic E-state index is 0.0338. The molecule has 134 valence electrons. The van der Waals surface area contributed by atoms with E-state index in [1.165, 1.54) is 5.56 Å². The number of carbonyl (C=O) groups excluding carboxylic acids is 1. The second-order valence-corrected chi connectivity index (χ2v) is 6.44. The average Bonchev–Trinajstić information content (AvgIpc) is 2.55. The Bertz CT molecular complexity index is 725. The molecule has 0 heterocycles. The predicted molar refractivity (Wildman–Crippen MR) is 101 cm³/mol. The lowest BCUT2D eigenvalue weighted by Gasteiger charge is -2.20. The molecule has 25 heavy (non-hydrogen) atoms. The SMILES string of the molecule is CCC(Oc1ccc(C)cc1C)C(=O)Nc1ccccc1OC(C)C. The van der Waals surface area contributed by atoms with E-state index in [2.05, 4.69) is 5.32 Å². The number of carbonyl (C=O) groups is 1. The van der Waals surface area contributed by atoms with Gasteiger partial charge in [-0.05, 0) is 57.9 Å². The average molecular weight is 341 g/mol. The topological polar surface area (TPSA) is 47.6 Å². The van der Waals surface area contributed by atoms with Crippen LogP contribution in [0.2, 0.25) is 0 Å². The summed E-state index contributed by atoms with van der Waals surface area (Å²) in [5.74, 6) is 1.22. The van der Waals surface area contributed by atoms with Crippen LogP contribution in [0, 0.1) is 13.8 Å². The first-order valence-electron chi connectivity index (χ1n) is 8.71. The molecule has 1 atom stereocenters. The zero-order chi connectivity index (χ0) is 18.4. The van der Waals surface area contributed by atoms with Crippen molar-refractivity contribution >= 4 is 11.6 Å². The molecule has 2 aromatic carbocycles. The Morgan fingerprint density at radius 1 is 1.04 bits per heavy atom. The van der Waals surface area contributed by atoms with Crippen molar-refractivity contribution in [3.63, 3.8) is 0 Å². The van der Waals surface area contributed by atoms with E-state index in [1.54, 1.807) is 0 Å². The number of ether oxygens (including phenoxy) is 2. The largest absolute Gasteiger partial charge is 0.489 e. The Kier molecular flexibility index (Phi) is 6.45. The van der Waals surface area contributed by atoms with Gasteiger partial charge in [0.2, 0.25) is 0 Å². The minimum atomic E-state index is -0.562. The third-order valence-corrected chi connectivity index (χ3v) is 3.77. The van der Waals surface area contributed by atoms with Crippen molar-refractivity contribution in [1.29, 1.82) is 0 Å². The van der Waals surface area contributed by atoms with Crippen molar-refractivity contribution in [3.05, 3.63) is 53.6 Å². The predicted octanol–water partition coefficient (Wildman–Crippen LogP) is 4.89. The Hall–Kier alpha value is -2.49. The van der Waals surface area contributed by atoms with Gasteiger partial charge in [-0.1, -0.05) is 36.8 Å². The van der Waals surface area contributed by atoms with Gasteiger partial charge < -0.3 is 14.8 Å². The molecule has 0 fully saturated rings. The van der Waals surface area contributed by atoms with Gasteiger partial charge >= 0.3 is 0 Å². The van der Waals surface area contributed by atoms with E-state index in [0.29, 0.717) is 17.9 Å². The lowest BCUT2D eigenvalue weighted by Crippen LogP contribution is -2.32. The molecule has 0 saturated carbocycles. The fourth-order valence-electron chi connectivity index (χ4n) is 2.55. The van der Waals surface area contributed by atoms with Crippen LogP contribution < -0.4 is 14.8 Å². The monoisotopic (exact) mass is 341 g/mol. The molecule has 1 N–H and O–H groups in total. The van der Waals surface area contributed by atoms with Gasteiger partial charge in [0.25, 0.3) is 5.91 Å². The summed E-state index contributed by atoms with van der Waals surface area (Å²) in [4.78, 5) is 12.7. The second kappa shape index (κ2) is 8.56. The lowest BCUT2D eigenvalue weighted by molar-refractivity contribution is -0.122. The molecule has 0 aliphatic carbocycles. The van der Waals surface area contributed by atoms with Crippen LogP contribution in [0.5, 0.6) is 11.5 Å². The second-order valence-electron chi connectivity index (χ2n) is 6.44. The third-order valence-electron chi connectivity index (χ3n) is 3.77. The summed E-state index contributed by atoms with van der Waals surface area (Å²) >= 11 is 0. The Morgan fingerprint density at radius 3 is 2.40 bits per heavy atom. The first-order chi connectivity index (χ1) is 11.9. The molecule has 0 aromatic heterocycles. The van der Waals surface area contributed by atoms with Gasteiger partial charge in [0.05, 0.1) is 11.8 Å². The van der Waals surface area contributed by atoms with Crippen LogP contribution in [0.1, 0.15) is 38.3 Å². The number of hydrogen-bond donors (Lipinski definition) is 1. The van der Waals surface area contributed by atoms with Gasteiger partial charge in [-0.3, -0.25) is 4.79 Å². The molecule has 1 unspecified atom stereocenters. The maximum absolute atomic E-state index is 12.7. The maximum atomic E-state index is 12.7. The lowest BCUT2D eigenvalue weighted by atomic mass is 10.1. The molecule has 1 amide bonds. The van der Waals surface area contributed by atoms with Gasteiger partial charge in [-0.2, -0.15) is 0 Å². The van der Waals surface area contributed by atoms with Crippen LogP contribution in [0.25, 0.3) is 0 Å². The molecular weight excluding hydrogens is 314 g/mol. The van der Waals surface area contributed by atoms with Crippen molar-refractivity contribution in [3.8, 4) is 11.5 Å². The van der Waals surface area contributed by atoms with Crippen LogP contribution in [-0.4, -0.2) is 18.1 Å². The zero-order valence-corrected chi connectivity index (χ0v) is 15.6. The van der Waals surface area contributed by atoms with Crippen molar-refractivity contribution < 1.29 is 14.3 Å². The Labute approximate surface area is 150 Å². The first-order valence-corrected chi connectivity index (χ1v) is 8.71. The highest BCUT2D eigenvalue weighted by Gasteiger charge is 2.20. The Balaban J connectivity index is 2.12. The van der Waals surface area contributed by atoms with Crippen LogP contribution >= 0.6 is 0 Å². The highest BCUT2D eigenvalue weighted by molar-refractivity contribution is 5.95. The molecule has 2 aromatic rings. The van der Waals surface area contributed by atoms with Crippen LogP contribution in [0.3, 0.4) is 0 Å². The van der Waals surface area contributed by atoms with Crippen molar-refractivity contribution in [2.24, 2.45) is 0 Å². The fourth-order valence-corrected chi connectivity index (χ4v) is 2.55. The smallest absolute Gasteiger partial charge is 0.265 e. The van der Waals surface area contributed by atoms with Gasteiger partial charge in [0.15, 0.2) is 6.10 Å². The molecule has 4 heteroatoms. The Morgan fingerprint density at radius 2 is 1.76 bits per heavy atom. The van der Waals surface area contributed by atoms with Gasteiger partial charge in [0.1, 0.15) is 11.5 Å². The first kappa shape index (κ1) is 18.8. The number of para-hydroxylation sites is 2. The molecule has 4 nitrogen and oxygen atoms in total. The zero-order valence-electron chi connectivity index (χ0n) is 15.6. The summed E-state index contributed by atoms with van der Waals surface area (Å²) in [5, 5.41) is 2.93. The van der Waals surface area contributed by atoms with E-state index in [9.17, 15) is 4.79 Å². The summed E-state index contributed by atoms with van der Waals surface area (Å²) in [6.45, 7) is 9.86. The van der Waals surface area contributed by atoms with E-state index in [4.69, 9.17) is 9.47 Å². The maximum Gasteiger partial charge on any atom is 0.265 e. The normalized spacial score (nSPS) is 11.9. The summed E-state index contributed by atoms with van der Waals surface area (Å²) in [5.41, 5.74) is 2.85. The van der Waals surface area contributed by atoms with E-state index >= 15 is 0 Å². The van der Waals surface area contributed by atoms with Crippen LogP contribution in [0.15, 0.2) is 42.5 Å². The highest BCUT2D eigenvalue weighted by atomic mass is 16.5. The standard InChI is InChI=1S/C21H27NO3/c1-6-18(25-19-12-11-15(4)13-16(19)5)21(23)22-17-9-7-8-10-20(17)24-14(2)3/h7-14,18H,6H2,1-5H3,(H,22,23). The summed E-state index contributed by atoms with van der Waals surface area (Å²) < 4.78 is 11.7. The minimum Gasteiger partial charge on any atom is -0.489 e. The number of hydrogen-bond acceptors (Lipinski definition) is 3. The van der Waals surface area contributed by atoms with Crippen molar-refractivity contribution in [2.45, 2.75) is 53.2 Å². The fraction of sp³-hybridized carbons (Fsp3) is 0.381. The van der Waals surface area contributed by atoms with E-state index in [1.807, 2.05) is 77.1 Å². The molecule has 0 saturated heterocycles. The van der Waals surface area contributed by atoms with E-state index in [0.717, 1.165) is 11.3 Å². The van der Waals surface area contributed by atoms with E-state index < -0.39 is 6.10 Å². The van der Waals surface area contributed by atoms with Crippen LogP contribution in [0.4, 0.5) is 5.69 Å². The van der Waals surface area contributed by atoms with Gasteiger partial charge in [0, 0.05) is 0 Å². The quantitative estimate of drug-likeness (QED) is 0.780. The van der Waals surface area contributed by atoms with E-state index in [-0.39, 0.29) is 12.0 Å². The summed E-state index contributed by atoms with van der Waals surface area (Å²) in [7, 11) is 0. The van der Waals surface area contributed by atoms with Crippen molar-refractivity contribution in [2.75, 3.05) is 5.32 Å². The van der Waals surface area contributed by atoms with Crippen molar-refractivity contribution in [1.82, 2.24) is 0 Å². The highest BCUT2D eigenvalue weighted by Crippen LogP contribution is 2.26. The summed E-state index contributed by atoms with van der Waals surface area (Å²) in [6.07, 6.45) is 0.0480. The van der Waals surface area contributed by atoms with Gasteiger partial charge in [-0.25, -0.2) is 0 Å². The molecule has 2 rings (SSSR count). The number of anilines is 1. The number of benzene rings is 2. The third kappa shape index (κ3) is 5.24. The number of rotatable bonds is 7. The molecule has 0 spiro atoms. The molecule has 0 bridgehead atoms. The van der Waals surface area contributed by atoms with Gasteiger partial charge in [-0.15, -0.1) is 0 Å². The molecular formula is C21H27NO3. The molecule has 0 aliphatic heterocycles. The number of nitrogens with one attached hydrogen (secondary N) is 1.